The van der Waals surface area contributed by atoms with Gasteiger partial charge in [-0.2, -0.15) is 9.40 Å². The summed E-state index contributed by atoms with van der Waals surface area (Å²) in [6.07, 6.45) is 3.80. The first-order chi connectivity index (χ1) is 9.57. The lowest BCUT2D eigenvalue weighted by Crippen LogP contribution is -2.45. The number of ether oxygens (including phenoxy) is 1. The third kappa shape index (κ3) is 3.38. The highest BCUT2D eigenvalue weighted by Crippen LogP contribution is 2.19. The average molecular weight is 302 g/mol. The van der Waals surface area contributed by atoms with Crippen molar-refractivity contribution in [3.63, 3.8) is 0 Å². The van der Waals surface area contributed by atoms with Crippen molar-refractivity contribution >= 4 is 10.0 Å². The van der Waals surface area contributed by atoms with E-state index in [1.165, 1.54) is 10.5 Å². The summed E-state index contributed by atoms with van der Waals surface area (Å²) < 4.78 is 33.7. The second kappa shape index (κ2) is 6.66. The lowest BCUT2D eigenvalue weighted by Gasteiger charge is -2.31. The van der Waals surface area contributed by atoms with Gasteiger partial charge in [-0.15, -0.1) is 0 Å². The molecule has 1 fully saturated rings. The first-order valence-electron chi connectivity index (χ1n) is 6.86. The molecule has 1 saturated heterocycles. The summed E-state index contributed by atoms with van der Waals surface area (Å²) in [5.41, 5.74) is 0. The number of rotatable bonds is 6. The molecule has 0 radical (unpaired) electrons. The van der Waals surface area contributed by atoms with Gasteiger partial charge in [0, 0.05) is 25.8 Å². The summed E-state index contributed by atoms with van der Waals surface area (Å²) in [7, 11) is -1.61. The number of nitrogens with zero attached hydrogens (tertiary/aromatic N) is 3. The Balaban J connectivity index is 2.11. The van der Waals surface area contributed by atoms with Crippen LogP contribution in [0.1, 0.15) is 13.3 Å². The molecule has 114 valence electrons. The van der Waals surface area contributed by atoms with Gasteiger partial charge in [0.2, 0.25) is 10.0 Å². The molecule has 1 unspecified atom stereocenters. The van der Waals surface area contributed by atoms with Crippen LogP contribution in [0, 0.1) is 0 Å². The zero-order valence-corrected chi connectivity index (χ0v) is 12.8. The molecule has 0 aromatic carbocycles. The Kier molecular flexibility index (Phi) is 5.14. The largest absolute Gasteiger partial charge is 0.375 e. The van der Waals surface area contributed by atoms with Gasteiger partial charge in [0.25, 0.3) is 0 Å². The SMILES string of the molecule is CCC1CN(S(=O)(=O)c2cnn(CCNC)c2)CCO1. The van der Waals surface area contributed by atoms with Gasteiger partial charge in [-0.05, 0) is 13.5 Å². The molecule has 1 N–H and O–H groups in total. The highest BCUT2D eigenvalue weighted by molar-refractivity contribution is 7.89. The molecule has 2 rings (SSSR count). The molecule has 1 aliphatic heterocycles. The maximum absolute atomic E-state index is 12.5. The van der Waals surface area contributed by atoms with Crippen LogP contribution in [-0.4, -0.2) is 61.9 Å². The normalized spacial score (nSPS) is 21.2. The third-order valence-electron chi connectivity index (χ3n) is 3.40. The van der Waals surface area contributed by atoms with Crippen LogP contribution in [-0.2, 0) is 21.3 Å². The Labute approximate surface area is 120 Å². The topological polar surface area (TPSA) is 76.5 Å². The van der Waals surface area contributed by atoms with E-state index in [0.29, 0.717) is 26.2 Å². The fraction of sp³-hybridized carbons (Fsp3) is 0.750. The molecule has 8 heteroatoms. The van der Waals surface area contributed by atoms with Crippen molar-refractivity contribution in [2.45, 2.75) is 30.9 Å². The third-order valence-corrected chi connectivity index (χ3v) is 5.21. The van der Waals surface area contributed by atoms with Crippen LogP contribution in [0.4, 0.5) is 0 Å². The lowest BCUT2D eigenvalue weighted by molar-refractivity contribution is -0.00278. The maximum atomic E-state index is 12.5. The van der Waals surface area contributed by atoms with E-state index in [0.717, 1.165) is 13.0 Å². The second-order valence-electron chi connectivity index (χ2n) is 4.81. The van der Waals surface area contributed by atoms with Crippen LogP contribution in [0.15, 0.2) is 17.3 Å². The van der Waals surface area contributed by atoms with Gasteiger partial charge in [-0.1, -0.05) is 6.92 Å². The predicted octanol–water partition coefficient (Wildman–Crippen LogP) is -0.0980. The summed E-state index contributed by atoms with van der Waals surface area (Å²) in [4.78, 5) is 0.255. The average Bonchev–Trinajstić information content (AvgIpc) is 2.94. The van der Waals surface area contributed by atoms with E-state index >= 15 is 0 Å². The van der Waals surface area contributed by atoms with E-state index in [4.69, 9.17) is 4.74 Å². The van der Waals surface area contributed by atoms with E-state index in [2.05, 4.69) is 10.4 Å². The molecule has 1 aromatic heterocycles. The Morgan fingerprint density at radius 2 is 2.35 bits per heavy atom. The highest BCUT2D eigenvalue weighted by Gasteiger charge is 2.30. The van der Waals surface area contributed by atoms with Crippen LogP contribution in [0.5, 0.6) is 0 Å². The molecular weight excluding hydrogens is 280 g/mol. The van der Waals surface area contributed by atoms with Crippen LogP contribution < -0.4 is 5.32 Å². The van der Waals surface area contributed by atoms with Crippen LogP contribution >= 0.6 is 0 Å². The minimum atomic E-state index is -3.46. The number of nitrogens with one attached hydrogen (secondary N) is 1. The molecule has 7 nitrogen and oxygen atoms in total. The lowest BCUT2D eigenvalue weighted by atomic mass is 10.2. The van der Waals surface area contributed by atoms with Gasteiger partial charge >= 0.3 is 0 Å². The standard InChI is InChI=1S/C12H22N4O3S/c1-3-11-9-16(6-7-19-11)20(17,18)12-8-14-15(10-12)5-4-13-2/h8,10-11,13H,3-7,9H2,1-2H3. The Morgan fingerprint density at radius 1 is 1.55 bits per heavy atom. The van der Waals surface area contributed by atoms with Crippen molar-refractivity contribution in [3.8, 4) is 0 Å². The van der Waals surface area contributed by atoms with Crippen molar-refractivity contribution in [1.29, 1.82) is 0 Å². The molecule has 1 aliphatic rings. The van der Waals surface area contributed by atoms with Crippen molar-refractivity contribution in [1.82, 2.24) is 19.4 Å². The number of hydrogen-bond acceptors (Lipinski definition) is 5. The van der Waals surface area contributed by atoms with Gasteiger partial charge in [-0.25, -0.2) is 8.42 Å². The zero-order chi connectivity index (χ0) is 14.6. The molecule has 1 atom stereocenters. The second-order valence-corrected chi connectivity index (χ2v) is 6.74. The van der Waals surface area contributed by atoms with E-state index in [9.17, 15) is 8.42 Å². The Hall–Kier alpha value is -0.960. The molecule has 0 saturated carbocycles. The smallest absolute Gasteiger partial charge is 0.246 e. The quantitative estimate of drug-likeness (QED) is 0.794. The van der Waals surface area contributed by atoms with E-state index in [-0.39, 0.29) is 11.0 Å². The summed E-state index contributed by atoms with van der Waals surface area (Å²) in [6.45, 7) is 4.66. The minimum absolute atomic E-state index is 0.0159. The highest BCUT2D eigenvalue weighted by atomic mass is 32.2. The van der Waals surface area contributed by atoms with Gasteiger partial charge < -0.3 is 10.1 Å². The van der Waals surface area contributed by atoms with Crippen molar-refractivity contribution in [2.24, 2.45) is 0 Å². The summed E-state index contributed by atoms with van der Waals surface area (Å²) >= 11 is 0. The number of aromatic nitrogens is 2. The van der Waals surface area contributed by atoms with Crippen molar-refractivity contribution in [2.75, 3.05) is 33.3 Å². The molecule has 20 heavy (non-hydrogen) atoms. The molecule has 0 bridgehead atoms. The van der Waals surface area contributed by atoms with Gasteiger partial charge in [0.1, 0.15) is 4.90 Å². The summed E-state index contributed by atoms with van der Waals surface area (Å²) in [6, 6.07) is 0. The van der Waals surface area contributed by atoms with E-state index in [1.54, 1.807) is 10.9 Å². The minimum Gasteiger partial charge on any atom is -0.375 e. The van der Waals surface area contributed by atoms with E-state index < -0.39 is 10.0 Å². The molecule has 2 heterocycles. The molecule has 1 aromatic rings. The zero-order valence-electron chi connectivity index (χ0n) is 11.9. The van der Waals surface area contributed by atoms with Gasteiger partial charge in [-0.3, -0.25) is 4.68 Å². The van der Waals surface area contributed by atoms with Crippen molar-refractivity contribution in [3.05, 3.63) is 12.4 Å². The molecular formula is C12H22N4O3S. The summed E-state index contributed by atoms with van der Waals surface area (Å²) in [5, 5.41) is 7.10. The summed E-state index contributed by atoms with van der Waals surface area (Å²) in [5.74, 6) is 0. The predicted molar refractivity (Wildman–Crippen MR) is 74.9 cm³/mol. The monoisotopic (exact) mass is 302 g/mol. The van der Waals surface area contributed by atoms with Crippen LogP contribution in [0.3, 0.4) is 0 Å². The Morgan fingerprint density at radius 3 is 3.05 bits per heavy atom. The number of sulfonamides is 1. The maximum Gasteiger partial charge on any atom is 0.246 e. The molecule has 0 aliphatic carbocycles. The number of hydrogen-bond donors (Lipinski definition) is 1. The number of likely N-dealkylation sites (N-methyl/N-ethyl adjacent to an activating group) is 1. The van der Waals surface area contributed by atoms with Crippen molar-refractivity contribution < 1.29 is 13.2 Å². The first-order valence-corrected chi connectivity index (χ1v) is 8.30. The van der Waals surface area contributed by atoms with Gasteiger partial charge in [0.05, 0.1) is 25.5 Å². The fourth-order valence-electron chi connectivity index (χ4n) is 2.13. The first kappa shape index (κ1) is 15.4. The van der Waals surface area contributed by atoms with Gasteiger partial charge in [0.15, 0.2) is 0 Å². The molecule has 0 amide bonds. The fourth-order valence-corrected chi connectivity index (χ4v) is 3.54. The molecule has 0 spiro atoms. The van der Waals surface area contributed by atoms with Crippen LogP contribution in [0.2, 0.25) is 0 Å². The van der Waals surface area contributed by atoms with E-state index in [1.807, 2.05) is 14.0 Å². The Bertz CT molecular complexity index is 529. The van der Waals surface area contributed by atoms with Crippen LogP contribution in [0.25, 0.3) is 0 Å². The number of morpholine rings is 1.